The number of ether oxygens (including phenoxy) is 1. The number of tetrazole rings is 1. The zero-order valence-electron chi connectivity index (χ0n) is 17.7. The lowest BCUT2D eigenvalue weighted by atomic mass is 10.0. The summed E-state index contributed by atoms with van der Waals surface area (Å²) in [7, 11) is 0. The number of hydrogen-bond acceptors (Lipinski definition) is 6. The van der Waals surface area contributed by atoms with E-state index in [2.05, 4.69) is 20.4 Å². The highest BCUT2D eigenvalue weighted by atomic mass is 19.1. The third-order valence-electron chi connectivity index (χ3n) is 5.34. The third-order valence-corrected chi connectivity index (χ3v) is 5.34. The molecule has 0 N–H and O–H groups in total. The second kappa shape index (κ2) is 8.65. The molecule has 3 heterocycles. The van der Waals surface area contributed by atoms with E-state index in [0.29, 0.717) is 24.5 Å². The van der Waals surface area contributed by atoms with Crippen molar-refractivity contribution in [1.29, 1.82) is 0 Å². The number of furan rings is 1. The van der Waals surface area contributed by atoms with Gasteiger partial charge in [-0.3, -0.25) is 4.90 Å². The van der Waals surface area contributed by atoms with Gasteiger partial charge in [0, 0.05) is 18.7 Å². The summed E-state index contributed by atoms with van der Waals surface area (Å²) in [6.45, 7) is 7.95. The van der Waals surface area contributed by atoms with Crippen LogP contribution in [0.2, 0.25) is 0 Å². The zero-order valence-corrected chi connectivity index (χ0v) is 17.7. The van der Waals surface area contributed by atoms with E-state index in [1.54, 1.807) is 23.1 Å². The SMILES string of the molecule is CC(C)(C)n1nnnc1[C@@H](c1ccccc1F)N(Cc1ccco1)C[C@H]1CCCO1. The molecule has 0 saturated carbocycles. The van der Waals surface area contributed by atoms with Gasteiger partial charge in [-0.05, 0) is 62.2 Å². The molecule has 1 fully saturated rings. The normalized spacial score (nSPS) is 18.2. The number of rotatable bonds is 7. The van der Waals surface area contributed by atoms with Crippen LogP contribution in [0.25, 0.3) is 0 Å². The minimum absolute atomic E-state index is 0.0770. The number of aromatic nitrogens is 4. The average molecular weight is 413 g/mol. The molecule has 8 heteroatoms. The van der Waals surface area contributed by atoms with E-state index in [-0.39, 0.29) is 17.5 Å². The molecule has 2 aromatic heterocycles. The first-order chi connectivity index (χ1) is 14.4. The summed E-state index contributed by atoms with van der Waals surface area (Å²) >= 11 is 0. The molecule has 1 aromatic carbocycles. The third kappa shape index (κ3) is 4.44. The Kier molecular flexibility index (Phi) is 5.97. The first-order valence-corrected chi connectivity index (χ1v) is 10.3. The van der Waals surface area contributed by atoms with Gasteiger partial charge < -0.3 is 9.15 Å². The Labute approximate surface area is 175 Å². The van der Waals surface area contributed by atoms with Crippen LogP contribution in [0.5, 0.6) is 0 Å². The van der Waals surface area contributed by atoms with Crippen molar-refractivity contribution < 1.29 is 13.5 Å². The standard InChI is InChI=1S/C22H28FN5O2/c1-22(2,3)28-21(24-25-26-28)20(18-10-4-5-11-19(18)23)27(14-16-8-6-12-29-16)15-17-9-7-13-30-17/h4-6,8,10-12,17,20H,7,9,13-15H2,1-3H3/t17-,20-/m1/s1. The summed E-state index contributed by atoms with van der Waals surface area (Å²) < 4.78 is 28.4. The minimum atomic E-state index is -0.491. The van der Waals surface area contributed by atoms with Gasteiger partial charge in [0.2, 0.25) is 0 Å². The van der Waals surface area contributed by atoms with Crippen LogP contribution in [0.15, 0.2) is 47.1 Å². The van der Waals surface area contributed by atoms with E-state index in [1.807, 2.05) is 39.0 Å². The lowest BCUT2D eigenvalue weighted by Crippen LogP contribution is -2.39. The average Bonchev–Trinajstić information content (AvgIpc) is 3.45. The Balaban J connectivity index is 1.81. The Bertz CT molecular complexity index is 945. The van der Waals surface area contributed by atoms with E-state index >= 15 is 4.39 Å². The molecular weight excluding hydrogens is 385 g/mol. The van der Waals surface area contributed by atoms with Crippen LogP contribution in [-0.2, 0) is 16.8 Å². The van der Waals surface area contributed by atoms with Crippen LogP contribution >= 0.6 is 0 Å². The van der Waals surface area contributed by atoms with Crippen LogP contribution in [0, 0.1) is 5.82 Å². The molecule has 4 rings (SSSR count). The molecule has 1 aliphatic rings. The highest BCUT2D eigenvalue weighted by molar-refractivity contribution is 5.27. The van der Waals surface area contributed by atoms with Gasteiger partial charge in [-0.15, -0.1) is 5.10 Å². The molecule has 1 saturated heterocycles. The molecule has 0 unspecified atom stereocenters. The van der Waals surface area contributed by atoms with Gasteiger partial charge >= 0.3 is 0 Å². The van der Waals surface area contributed by atoms with Crippen LogP contribution in [-0.4, -0.2) is 44.4 Å². The zero-order chi connectivity index (χ0) is 21.1. The van der Waals surface area contributed by atoms with Crippen LogP contribution in [0.3, 0.4) is 0 Å². The Morgan fingerprint density at radius 2 is 2.07 bits per heavy atom. The van der Waals surface area contributed by atoms with Crippen molar-refractivity contribution in [3.8, 4) is 0 Å². The minimum Gasteiger partial charge on any atom is -0.468 e. The molecule has 0 aliphatic carbocycles. The van der Waals surface area contributed by atoms with E-state index < -0.39 is 6.04 Å². The highest BCUT2D eigenvalue weighted by Crippen LogP contribution is 2.33. The summed E-state index contributed by atoms with van der Waals surface area (Å²) in [5, 5.41) is 12.5. The Morgan fingerprint density at radius 3 is 2.73 bits per heavy atom. The summed E-state index contributed by atoms with van der Waals surface area (Å²) in [6.07, 6.45) is 3.73. The fraction of sp³-hybridized carbons (Fsp3) is 0.500. The molecule has 0 spiro atoms. The quantitative estimate of drug-likeness (QED) is 0.585. The first kappa shape index (κ1) is 20.7. The molecule has 0 radical (unpaired) electrons. The van der Waals surface area contributed by atoms with Crippen molar-refractivity contribution in [2.75, 3.05) is 13.2 Å². The highest BCUT2D eigenvalue weighted by Gasteiger charge is 2.35. The maximum atomic E-state index is 15.1. The number of hydrogen-bond donors (Lipinski definition) is 0. The molecule has 30 heavy (non-hydrogen) atoms. The maximum Gasteiger partial charge on any atom is 0.173 e. The van der Waals surface area contributed by atoms with Gasteiger partial charge in [-0.1, -0.05) is 18.2 Å². The van der Waals surface area contributed by atoms with Crippen molar-refractivity contribution in [1.82, 2.24) is 25.1 Å². The van der Waals surface area contributed by atoms with Gasteiger partial charge in [-0.2, -0.15) is 0 Å². The summed E-state index contributed by atoms with van der Waals surface area (Å²) in [5.74, 6) is 1.10. The Hall–Kier alpha value is -2.58. The van der Waals surface area contributed by atoms with E-state index in [4.69, 9.17) is 9.15 Å². The van der Waals surface area contributed by atoms with Crippen molar-refractivity contribution in [3.63, 3.8) is 0 Å². The number of nitrogens with zero attached hydrogens (tertiary/aromatic N) is 5. The Morgan fingerprint density at radius 1 is 1.23 bits per heavy atom. The molecule has 3 aromatic rings. The van der Waals surface area contributed by atoms with Gasteiger partial charge in [0.15, 0.2) is 5.82 Å². The van der Waals surface area contributed by atoms with Crippen LogP contribution in [0.1, 0.15) is 56.8 Å². The van der Waals surface area contributed by atoms with Gasteiger partial charge in [0.05, 0.1) is 24.5 Å². The predicted molar refractivity (Wildman–Crippen MR) is 109 cm³/mol. The van der Waals surface area contributed by atoms with Gasteiger partial charge in [0.25, 0.3) is 0 Å². The van der Waals surface area contributed by atoms with Gasteiger partial charge in [-0.25, -0.2) is 9.07 Å². The molecule has 1 aliphatic heterocycles. The molecule has 0 bridgehead atoms. The van der Waals surface area contributed by atoms with E-state index in [0.717, 1.165) is 25.2 Å². The largest absolute Gasteiger partial charge is 0.468 e. The number of benzene rings is 1. The smallest absolute Gasteiger partial charge is 0.173 e. The summed E-state index contributed by atoms with van der Waals surface area (Å²) in [5.41, 5.74) is 0.171. The monoisotopic (exact) mass is 413 g/mol. The first-order valence-electron chi connectivity index (χ1n) is 10.3. The van der Waals surface area contributed by atoms with Crippen LogP contribution < -0.4 is 0 Å². The molecule has 160 valence electrons. The van der Waals surface area contributed by atoms with E-state index in [9.17, 15) is 0 Å². The van der Waals surface area contributed by atoms with E-state index in [1.165, 1.54) is 6.07 Å². The lowest BCUT2D eigenvalue weighted by molar-refractivity contribution is 0.0532. The molecule has 7 nitrogen and oxygen atoms in total. The summed E-state index contributed by atoms with van der Waals surface area (Å²) in [4.78, 5) is 2.15. The maximum absolute atomic E-state index is 15.1. The fourth-order valence-corrected chi connectivity index (χ4v) is 3.95. The van der Waals surface area contributed by atoms with Crippen molar-refractivity contribution >= 4 is 0 Å². The van der Waals surface area contributed by atoms with Crippen LogP contribution in [0.4, 0.5) is 4.39 Å². The summed E-state index contributed by atoms with van der Waals surface area (Å²) in [6, 6.07) is 10.1. The molecule has 0 amide bonds. The predicted octanol–water partition coefficient (Wildman–Crippen LogP) is 3.93. The van der Waals surface area contributed by atoms with Crippen molar-refractivity contribution in [3.05, 3.63) is 65.6 Å². The van der Waals surface area contributed by atoms with Crippen molar-refractivity contribution in [2.45, 2.75) is 57.8 Å². The molecular formula is C22H28FN5O2. The van der Waals surface area contributed by atoms with Crippen molar-refractivity contribution in [2.24, 2.45) is 0 Å². The van der Waals surface area contributed by atoms with Gasteiger partial charge in [0.1, 0.15) is 17.6 Å². The second-order valence-electron chi connectivity index (χ2n) is 8.69. The fourth-order valence-electron chi connectivity index (χ4n) is 3.95. The second-order valence-corrected chi connectivity index (χ2v) is 8.69. The topological polar surface area (TPSA) is 69.2 Å². The lowest BCUT2D eigenvalue weighted by Gasteiger charge is -2.34. The molecule has 2 atom stereocenters. The number of halogens is 1.